The van der Waals surface area contributed by atoms with Gasteiger partial charge in [-0.05, 0) is 116 Å². The number of aromatic hydroxyl groups is 2. The zero-order valence-corrected chi connectivity index (χ0v) is 32.3. The summed E-state index contributed by atoms with van der Waals surface area (Å²) in [5.74, 6) is -4.54. The number of rotatable bonds is 15. The summed E-state index contributed by atoms with van der Waals surface area (Å²) in [5.41, 5.74) is 4.36. The SMILES string of the molecule is C/C(=C\c1ccc(O)cc1)C(=O)Cc1ccc(C(=O)CC(CC#N)C(=O)Nc2ccc(C(=O)Nc3ccc(C(=O)Nc4ccc(C(=O)O)c(O)c4C)cc3C)cc2)cc1. The molecule has 0 fully saturated rings. The van der Waals surface area contributed by atoms with Gasteiger partial charge >= 0.3 is 5.97 Å². The number of nitrogens with zero attached hydrogens (tertiary/aromatic N) is 1. The van der Waals surface area contributed by atoms with Crippen LogP contribution in [-0.4, -0.2) is 50.6 Å². The van der Waals surface area contributed by atoms with Crippen LogP contribution in [0.1, 0.15) is 83.5 Å². The van der Waals surface area contributed by atoms with E-state index in [0.29, 0.717) is 33.6 Å². The number of hydrogen-bond donors (Lipinski definition) is 6. The average molecular weight is 793 g/mol. The summed E-state index contributed by atoms with van der Waals surface area (Å²) >= 11 is 0. The van der Waals surface area contributed by atoms with Crippen molar-refractivity contribution in [2.45, 2.75) is 40.0 Å². The molecule has 1 atom stereocenters. The van der Waals surface area contributed by atoms with E-state index in [1.54, 1.807) is 68.5 Å². The van der Waals surface area contributed by atoms with E-state index in [1.165, 1.54) is 61.5 Å². The molecule has 59 heavy (non-hydrogen) atoms. The Kier molecular flexibility index (Phi) is 13.5. The minimum atomic E-state index is -1.30. The first-order valence-electron chi connectivity index (χ1n) is 18.3. The van der Waals surface area contributed by atoms with E-state index in [1.807, 2.05) is 6.07 Å². The van der Waals surface area contributed by atoms with E-state index in [2.05, 4.69) is 16.0 Å². The molecule has 0 aromatic heterocycles. The second-order valence-electron chi connectivity index (χ2n) is 13.8. The smallest absolute Gasteiger partial charge is 0.339 e. The molecule has 5 rings (SSSR count). The molecule has 0 saturated carbocycles. The average Bonchev–Trinajstić information content (AvgIpc) is 3.21. The third-order valence-electron chi connectivity index (χ3n) is 9.56. The first-order chi connectivity index (χ1) is 28.1. The summed E-state index contributed by atoms with van der Waals surface area (Å²) in [5, 5.41) is 46.4. The maximum Gasteiger partial charge on any atom is 0.339 e. The maximum absolute atomic E-state index is 13.2. The molecule has 0 heterocycles. The molecule has 0 aliphatic carbocycles. The standard InChI is InChI=1S/C46H40N4O9/c1-26-23-33(45(57)50-39-19-17-37(46(58)59)42(54)28(39)3)12-18-38(26)49-43(55)32-10-13-35(14-11-32)48-44(56)34(20-21-47)25-41(53)31-8-4-30(5-9-31)24-40(52)27(2)22-29-6-15-36(51)16-7-29/h4-19,22-23,34,51,54H,20,24-25H2,1-3H3,(H,48,56)(H,49,55)(H,50,57)(H,58,59)/b27-22+. The van der Waals surface area contributed by atoms with Gasteiger partial charge in [-0.3, -0.25) is 24.0 Å². The molecule has 0 bridgehead atoms. The van der Waals surface area contributed by atoms with Crippen molar-refractivity contribution < 1.29 is 44.1 Å². The van der Waals surface area contributed by atoms with Crippen molar-refractivity contribution in [2.75, 3.05) is 16.0 Å². The molecule has 0 aliphatic heterocycles. The number of aryl methyl sites for hydroxylation is 1. The number of hydrogen-bond acceptors (Lipinski definition) is 9. The zero-order valence-electron chi connectivity index (χ0n) is 32.3. The van der Waals surface area contributed by atoms with Gasteiger partial charge in [-0.25, -0.2) is 4.79 Å². The maximum atomic E-state index is 13.2. The Morgan fingerprint density at radius 3 is 1.95 bits per heavy atom. The van der Waals surface area contributed by atoms with Gasteiger partial charge in [0.2, 0.25) is 5.91 Å². The minimum Gasteiger partial charge on any atom is -0.508 e. The molecule has 298 valence electrons. The van der Waals surface area contributed by atoms with E-state index >= 15 is 0 Å². The molecular formula is C46H40N4O9. The summed E-state index contributed by atoms with van der Waals surface area (Å²) in [6, 6.07) is 28.2. The van der Waals surface area contributed by atoms with Gasteiger partial charge in [0, 0.05) is 58.6 Å². The van der Waals surface area contributed by atoms with Crippen LogP contribution in [0.2, 0.25) is 0 Å². The molecule has 0 spiro atoms. The number of phenolic OH excluding ortho intramolecular Hbond substituents is 1. The number of anilines is 3. The third kappa shape index (κ3) is 10.9. The topological polar surface area (TPSA) is 223 Å². The van der Waals surface area contributed by atoms with Gasteiger partial charge in [0.15, 0.2) is 11.6 Å². The highest BCUT2D eigenvalue weighted by molar-refractivity contribution is 6.08. The van der Waals surface area contributed by atoms with Crippen LogP contribution in [0.5, 0.6) is 11.5 Å². The predicted molar refractivity (Wildman–Crippen MR) is 222 cm³/mol. The number of nitriles is 1. The Morgan fingerprint density at radius 1 is 0.729 bits per heavy atom. The fraction of sp³-hybridized carbons (Fsp3) is 0.152. The van der Waals surface area contributed by atoms with Crippen molar-refractivity contribution >= 4 is 58.4 Å². The number of allylic oxidation sites excluding steroid dienone is 1. The lowest BCUT2D eigenvalue weighted by molar-refractivity contribution is -0.119. The van der Waals surface area contributed by atoms with Crippen molar-refractivity contribution in [2.24, 2.45) is 5.92 Å². The number of Topliss-reactive ketones (excluding diaryl/α,β-unsaturated/α-hetero) is 2. The molecular weight excluding hydrogens is 753 g/mol. The highest BCUT2D eigenvalue weighted by atomic mass is 16.4. The van der Waals surface area contributed by atoms with Crippen molar-refractivity contribution in [3.05, 3.63) is 153 Å². The normalized spacial score (nSPS) is 11.5. The van der Waals surface area contributed by atoms with E-state index in [9.17, 15) is 49.3 Å². The number of phenols is 2. The zero-order chi connectivity index (χ0) is 42.8. The number of nitrogens with one attached hydrogen (secondary N) is 3. The summed E-state index contributed by atoms with van der Waals surface area (Å²) < 4.78 is 0. The van der Waals surface area contributed by atoms with E-state index in [4.69, 9.17) is 0 Å². The Bertz CT molecular complexity index is 2520. The summed E-state index contributed by atoms with van der Waals surface area (Å²) in [7, 11) is 0. The molecule has 1 unspecified atom stereocenters. The van der Waals surface area contributed by atoms with Crippen LogP contribution in [0.25, 0.3) is 6.08 Å². The molecule has 13 heteroatoms. The fourth-order valence-electron chi connectivity index (χ4n) is 6.04. The molecule has 5 aromatic carbocycles. The fourth-order valence-corrected chi connectivity index (χ4v) is 6.04. The Hall–Kier alpha value is -7.85. The van der Waals surface area contributed by atoms with Gasteiger partial charge in [-0.15, -0.1) is 0 Å². The molecule has 0 aliphatic rings. The highest BCUT2D eigenvalue weighted by Crippen LogP contribution is 2.30. The molecule has 6 N–H and O–H groups in total. The van der Waals surface area contributed by atoms with Crippen LogP contribution in [0.15, 0.2) is 109 Å². The van der Waals surface area contributed by atoms with Crippen LogP contribution in [0.4, 0.5) is 17.1 Å². The number of carbonyl (C=O) groups is 6. The van der Waals surface area contributed by atoms with Crippen molar-refractivity contribution in [3.63, 3.8) is 0 Å². The van der Waals surface area contributed by atoms with Crippen LogP contribution < -0.4 is 16.0 Å². The largest absolute Gasteiger partial charge is 0.508 e. The summed E-state index contributed by atoms with van der Waals surface area (Å²) in [6.45, 7) is 4.89. The highest BCUT2D eigenvalue weighted by Gasteiger charge is 2.23. The Balaban J connectivity index is 1.14. The van der Waals surface area contributed by atoms with E-state index in [-0.39, 0.29) is 64.5 Å². The lowest BCUT2D eigenvalue weighted by Gasteiger charge is -2.14. The first kappa shape index (κ1) is 42.3. The van der Waals surface area contributed by atoms with Gasteiger partial charge in [-0.2, -0.15) is 5.26 Å². The number of carboxylic acid groups (broad SMARTS) is 1. The third-order valence-corrected chi connectivity index (χ3v) is 9.56. The molecule has 0 radical (unpaired) electrons. The van der Waals surface area contributed by atoms with Crippen LogP contribution in [0, 0.1) is 31.1 Å². The van der Waals surface area contributed by atoms with Crippen LogP contribution in [0.3, 0.4) is 0 Å². The minimum absolute atomic E-state index is 0.106. The predicted octanol–water partition coefficient (Wildman–Crippen LogP) is 7.87. The van der Waals surface area contributed by atoms with Crippen molar-refractivity contribution in [1.29, 1.82) is 5.26 Å². The number of amides is 3. The van der Waals surface area contributed by atoms with E-state index < -0.39 is 35.4 Å². The molecule has 0 saturated heterocycles. The van der Waals surface area contributed by atoms with Gasteiger partial charge in [0.05, 0.1) is 12.0 Å². The van der Waals surface area contributed by atoms with Gasteiger partial charge in [0.1, 0.15) is 17.1 Å². The first-order valence-corrected chi connectivity index (χ1v) is 18.3. The number of aromatic carboxylic acids is 1. The van der Waals surface area contributed by atoms with Crippen LogP contribution >= 0.6 is 0 Å². The second-order valence-corrected chi connectivity index (χ2v) is 13.8. The lowest BCUT2D eigenvalue weighted by atomic mass is 9.94. The number of carbonyl (C=O) groups excluding carboxylic acids is 5. The summed E-state index contributed by atoms with van der Waals surface area (Å²) in [6.07, 6.45) is 1.41. The number of carboxylic acids is 1. The monoisotopic (exact) mass is 792 g/mol. The second kappa shape index (κ2) is 18.9. The Labute approximate surface area is 339 Å². The van der Waals surface area contributed by atoms with Crippen molar-refractivity contribution in [3.8, 4) is 17.6 Å². The van der Waals surface area contributed by atoms with Gasteiger partial charge in [0.25, 0.3) is 11.8 Å². The number of ketones is 2. The Morgan fingerprint density at radius 2 is 1.32 bits per heavy atom. The van der Waals surface area contributed by atoms with Gasteiger partial charge in [-0.1, -0.05) is 36.4 Å². The van der Waals surface area contributed by atoms with Crippen molar-refractivity contribution in [1.82, 2.24) is 0 Å². The number of benzene rings is 5. The molecule has 13 nitrogen and oxygen atoms in total. The van der Waals surface area contributed by atoms with E-state index in [0.717, 1.165) is 5.56 Å². The molecule has 5 aromatic rings. The van der Waals surface area contributed by atoms with Crippen LogP contribution in [-0.2, 0) is 16.0 Å². The summed E-state index contributed by atoms with van der Waals surface area (Å²) in [4.78, 5) is 76.4. The molecule has 3 amide bonds. The lowest BCUT2D eigenvalue weighted by Crippen LogP contribution is -2.25. The quantitative estimate of drug-likeness (QED) is 0.0444. The van der Waals surface area contributed by atoms with Gasteiger partial charge < -0.3 is 31.3 Å².